The number of nitrogens with zero attached hydrogens (tertiary/aromatic N) is 2. The van der Waals surface area contributed by atoms with Crippen molar-refractivity contribution in [3.63, 3.8) is 0 Å². The molecule has 1 aliphatic rings. The van der Waals surface area contributed by atoms with Gasteiger partial charge in [0.15, 0.2) is 5.78 Å². The zero-order valence-corrected chi connectivity index (χ0v) is 11.9. The van der Waals surface area contributed by atoms with Crippen molar-refractivity contribution in [3.8, 4) is 6.07 Å². The maximum absolute atomic E-state index is 11.5. The maximum Gasteiger partial charge on any atom is 0.171 e. The zero-order chi connectivity index (χ0) is 14.2. The number of nitrogens with two attached hydrogens (primary N) is 1. The Labute approximate surface area is 116 Å². The van der Waals surface area contributed by atoms with E-state index >= 15 is 0 Å². The lowest BCUT2D eigenvalue weighted by Crippen LogP contribution is -2.46. The van der Waals surface area contributed by atoms with Crippen molar-refractivity contribution >= 4 is 27.8 Å². The van der Waals surface area contributed by atoms with Crippen LogP contribution in [0.3, 0.4) is 0 Å². The highest BCUT2D eigenvalue weighted by Crippen LogP contribution is 2.40. The Kier molecular flexibility index (Phi) is 3.52. The van der Waals surface area contributed by atoms with Gasteiger partial charge >= 0.3 is 0 Å². The van der Waals surface area contributed by atoms with Gasteiger partial charge in [-0.15, -0.1) is 11.3 Å². The van der Waals surface area contributed by atoms with Crippen molar-refractivity contribution in [1.29, 1.82) is 5.26 Å². The average Bonchev–Trinajstić information content (AvgIpc) is 2.65. The zero-order valence-electron chi connectivity index (χ0n) is 11.1. The van der Waals surface area contributed by atoms with Gasteiger partial charge < -0.3 is 15.7 Å². The number of hydrogen-bond acceptors (Lipinski definition) is 6. The van der Waals surface area contributed by atoms with Crippen molar-refractivity contribution in [2.45, 2.75) is 32.3 Å². The van der Waals surface area contributed by atoms with E-state index in [4.69, 9.17) is 5.73 Å². The van der Waals surface area contributed by atoms with E-state index in [1.165, 1.54) is 18.3 Å². The lowest BCUT2D eigenvalue weighted by molar-refractivity contribution is 0.0451. The van der Waals surface area contributed by atoms with Crippen LogP contribution in [0.25, 0.3) is 0 Å². The predicted octanol–water partition coefficient (Wildman–Crippen LogP) is 1.76. The summed E-state index contributed by atoms with van der Waals surface area (Å²) in [6, 6.07) is 2.07. The monoisotopic (exact) mass is 279 g/mol. The van der Waals surface area contributed by atoms with Gasteiger partial charge in [0, 0.05) is 20.0 Å². The second kappa shape index (κ2) is 4.83. The van der Waals surface area contributed by atoms with Gasteiger partial charge in [0.05, 0.1) is 16.2 Å². The number of ketones is 1. The minimum atomic E-state index is -0.764. The molecule has 0 bridgehead atoms. The van der Waals surface area contributed by atoms with Crippen molar-refractivity contribution < 1.29 is 9.90 Å². The van der Waals surface area contributed by atoms with Crippen LogP contribution < -0.4 is 10.6 Å². The van der Waals surface area contributed by atoms with E-state index in [0.717, 1.165) is 19.4 Å². The molecule has 1 saturated heterocycles. The first-order valence-corrected chi connectivity index (χ1v) is 6.98. The summed E-state index contributed by atoms with van der Waals surface area (Å²) < 4.78 is 0. The second-order valence-electron chi connectivity index (χ2n) is 5.22. The normalized spacial score (nSPS) is 23.2. The van der Waals surface area contributed by atoms with Gasteiger partial charge in [-0.3, -0.25) is 4.79 Å². The van der Waals surface area contributed by atoms with Crippen LogP contribution >= 0.6 is 11.3 Å². The van der Waals surface area contributed by atoms with Gasteiger partial charge in [-0.05, 0) is 19.8 Å². The van der Waals surface area contributed by atoms with Crippen LogP contribution in [0.4, 0.5) is 10.7 Å². The van der Waals surface area contributed by atoms with E-state index in [2.05, 4.69) is 6.07 Å². The van der Waals surface area contributed by atoms with Crippen LogP contribution in [0, 0.1) is 11.3 Å². The maximum atomic E-state index is 11.5. The Balaban J connectivity index is 2.42. The van der Waals surface area contributed by atoms with E-state index < -0.39 is 5.60 Å². The summed E-state index contributed by atoms with van der Waals surface area (Å²) in [5.41, 5.74) is 5.72. The summed E-state index contributed by atoms with van der Waals surface area (Å²) in [7, 11) is 0. The van der Waals surface area contributed by atoms with Gasteiger partial charge in [-0.25, -0.2) is 0 Å². The van der Waals surface area contributed by atoms with E-state index in [-0.39, 0.29) is 11.5 Å². The number of rotatable bonds is 2. The number of anilines is 2. The highest BCUT2D eigenvalue weighted by Gasteiger charge is 2.32. The predicted molar refractivity (Wildman–Crippen MR) is 75.5 cm³/mol. The number of β-amino-alcohol motifs (C(OH)–C–C–N with tert-alkyl or cyclic N) is 1. The van der Waals surface area contributed by atoms with E-state index in [0.29, 0.717) is 22.0 Å². The first-order chi connectivity index (χ1) is 8.85. The number of Topliss-reactive ketones (excluding diaryl/α,β-unsaturated/α-hetero) is 1. The molecule has 5 nitrogen and oxygen atoms in total. The van der Waals surface area contributed by atoms with Crippen LogP contribution in [0.15, 0.2) is 0 Å². The molecule has 0 saturated carbocycles. The fourth-order valence-electron chi connectivity index (χ4n) is 2.42. The molecule has 0 amide bonds. The van der Waals surface area contributed by atoms with Gasteiger partial charge in [0.25, 0.3) is 0 Å². The van der Waals surface area contributed by atoms with E-state index in [1.807, 2.05) is 4.90 Å². The molecule has 0 radical (unpaired) electrons. The van der Waals surface area contributed by atoms with Crippen molar-refractivity contribution in [2.24, 2.45) is 0 Å². The fraction of sp³-hybridized carbons (Fsp3) is 0.538. The van der Waals surface area contributed by atoms with Gasteiger partial charge in [0.2, 0.25) is 0 Å². The number of carbonyl (C=O) groups is 1. The molecule has 3 N–H and O–H groups in total. The largest absolute Gasteiger partial charge is 0.396 e. The molecule has 1 aromatic rings. The molecule has 19 heavy (non-hydrogen) atoms. The standard InChI is InChI=1S/C13H17N3O2S/c1-8(17)11-10(15)9(6-14)12(19-11)16-5-3-4-13(2,18)7-16/h18H,3-5,7,15H2,1-2H3. The molecule has 2 heterocycles. The first-order valence-electron chi connectivity index (χ1n) is 6.16. The summed E-state index contributed by atoms with van der Waals surface area (Å²) in [4.78, 5) is 13.9. The van der Waals surface area contributed by atoms with E-state index in [1.54, 1.807) is 6.92 Å². The molecule has 102 valence electrons. The third-order valence-corrected chi connectivity index (χ3v) is 4.69. The smallest absolute Gasteiger partial charge is 0.171 e. The summed E-state index contributed by atoms with van der Waals surface area (Å²) in [6.07, 6.45) is 1.59. The molecule has 1 unspecified atom stereocenters. The topological polar surface area (TPSA) is 90.4 Å². The van der Waals surface area contributed by atoms with Crippen LogP contribution in [-0.4, -0.2) is 29.6 Å². The summed E-state index contributed by atoms with van der Waals surface area (Å²) >= 11 is 1.24. The van der Waals surface area contributed by atoms with Gasteiger partial charge in [-0.2, -0.15) is 5.26 Å². The van der Waals surface area contributed by atoms with Crippen molar-refractivity contribution in [1.82, 2.24) is 0 Å². The Hall–Kier alpha value is -1.58. The number of hydrogen-bond donors (Lipinski definition) is 2. The van der Waals surface area contributed by atoms with Crippen molar-refractivity contribution in [2.75, 3.05) is 23.7 Å². The van der Waals surface area contributed by atoms with Crippen LogP contribution in [0.2, 0.25) is 0 Å². The molecule has 2 rings (SSSR count). The number of carbonyl (C=O) groups excluding carboxylic acids is 1. The Morgan fingerprint density at radius 1 is 1.63 bits per heavy atom. The molecule has 6 heteroatoms. The molecule has 1 aromatic heterocycles. The van der Waals surface area contributed by atoms with Gasteiger partial charge in [-0.1, -0.05) is 0 Å². The summed E-state index contributed by atoms with van der Waals surface area (Å²) in [5.74, 6) is -0.131. The number of aliphatic hydroxyl groups is 1. The highest BCUT2D eigenvalue weighted by atomic mass is 32.1. The third kappa shape index (κ3) is 2.57. The third-order valence-electron chi connectivity index (χ3n) is 3.32. The molecule has 1 atom stereocenters. The Bertz CT molecular complexity index is 557. The number of nitrogen functional groups attached to an aromatic ring is 1. The number of thiophene rings is 1. The minimum absolute atomic E-state index is 0.131. The van der Waals surface area contributed by atoms with Crippen LogP contribution in [0.5, 0.6) is 0 Å². The second-order valence-corrected chi connectivity index (χ2v) is 6.21. The molecule has 0 aliphatic carbocycles. The molecule has 1 aliphatic heterocycles. The summed E-state index contributed by atoms with van der Waals surface area (Å²) in [6.45, 7) is 4.45. The average molecular weight is 279 g/mol. The molecule has 0 spiro atoms. The number of piperidine rings is 1. The van der Waals surface area contributed by atoms with Gasteiger partial charge in [0.1, 0.15) is 16.6 Å². The Morgan fingerprint density at radius 3 is 2.84 bits per heavy atom. The van der Waals surface area contributed by atoms with Crippen LogP contribution in [-0.2, 0) is 0 Å². The van der Waals surface area contributed by atoms with Crippen molar-refractivity contribution in [3.05, 3.63) is 10.4 Å². The molecule has 0 aromatic carbocycles. The molecule has 1 fully saturated rings. The Morgan fingerprint density at radius 2 is 2.32 bits per heavy atom. The first kappa shape index (κ1) is 13.8. The minimum Gasteiger partial charge on any atom is -0.396 e. The lowest BCUT2D eigenvalue weighted by Gasteiger charge is -2.37. The summed E-state index contributed by atoms with van der Waals surface area (Å²) in [5, 5.41) is 20.1. The quantitative estimate of drug-likeness (QED) is 0.805. The fourth-order valence-corrected chi connectivity index (χ4v) is 3.51. The molecular weight excluding hydrogens is 262 g/mol. The van der Waals surface area contributed by atoms with Crippen LogP contribution in [0.1, 0.15) is 41.9 Å². The highest BCUT2D eigenvalue weighted by molar-refractivity contribution is 7.19. The SMILES string of the molecule is CC(=O)c1sc(N2CCCC(C)(O)C2)c(C#N)c1N. The van der Waals surface area contributed by atoms with E-state index in [9.17, 15) is 15.2 Å². The number of nitriles is 1. The lowest BCUT2D eigenvalue weighted by atomic mass is 9.95. The molecular formula is C13H17N3O2S.